The van der Waals surface area contributed by atoms with Crippen molar-refractivity contribution in [1.82, 2.24) is 4.57 Å². The van der Waals surface area contributed by atoms with Gasteiger partial charge in [0.05, 0.1) is 5.52 Å². The average molecular weight is 800 g/mol. The van der Waals surface area contributed by atoms with Crippen LogP contribution in [0.1, 0.15) is 146 Å². The first-order valence-corrected chi connectivity index (χ1v) is 23.6. The Balaban J connectivity index is 1.24. The van der Waals surface area contributed by atoms with E-state index in [1.807, 2.05) is 0 Å². The van der Waals surface area contributed by atoms with Crippen LogP contribution in [0.15, 0.2) is 97.1 Å². The zero-order valence-corrected chi connectivity index (χ0v) is 38.3. The Morgan fingerprint density at radius 3 is 2.00 bits per heavy atom. The molecule has 0 amide bonds. The molecule has 2 aliphatic carbocycles. The van der Waals surface area contributed by atoms with E-state index < -0.39 is 0 Å². The van der Waals surface area contributed by atoms with Crippen LogP contribution in [0.5, 0.6) is 0 Å². The molecule has 0 fully saturated rings. The van der Waals surface area contributed by atoms with Gasteiger partial charge in [-0.25, -0.2) is 0 Å². The van der Waals surface area contributed by atoms with Crippen LogP contribution in [-0.4, -0.2) is 11.8 Å². The number of hydrogen-bond donors (Lipinski definition) is 1. The Hall–Kier alpha value is -5.02. The number of rotatable bonds is 11. The Morgan fingerprint density at radius 2 is 1.28 bits per heavy atom. The minimum absolute atomic E-state index is 0.107. The van der Waals surface area contributed by atoms with Crippen molar-refractivity contribution in [2.45, 2.75) is 143 Å². The van der Waals surface area contributed by atoms with Crippen molar-refractivity contribution in [2.24, 2.45) is 0 Å². The summed E-state index contributed by atoms with van der Waals surface area (Å²) in [6, 6.07) is 38.4. The second-order valence-corrected chi connectivity index (χ2v) is 20.8. The van der Waals surface area contributed by atoms with E-state index in [9.17, 15) is 0 Å². The second-order valence-electron chi connectivity index (χ2n) is 20.8. The highest BCUT2D eigenvalue weighted by Gasteiger charge is 2.40. The Morgan fingerprint density at radius 1 is 0.607 bits per heavy atom. The fourth-order valence-corrected chi connectivity index (χ4v) is 11.5. The molecular formula is C58H64BN2. The summed E-state index contributed by atoms with van der Waals surface area (Å²) in [6.07, 6.45) is 12.2. The van der Waals surface area contributed by atoms with E-state index >= 15 is 0 Å². The lowest BCUT2D eigenvalue weighted by molar-refractivity contribution is 0.332. The van der Waals surface area contributed by atoms with Gasteiger partial charge >= 0.3 is 0 Å². The van der Waals surface area contributed by atoms with Crippen LogP contribution in [0.2, 0.25) is 0 Å². The minimum atomic E-state index is -0.107. The van der Waals surface area contributed by atoms with E-state index in [-0.39, 0.29) is 16.2 Å². The van der Waals surface area contributed by atoms with Crippen molar-refractivity contribution in [3.05, 3.63) is 136 Å². The quantitative estimate of drug-likeness (QED) is 0.102. The maximum absolute atomic E-state index is 4.03. The van der Waals surface area contributed by atoms with Gasteiger partial charge in [0, 0.05) is 44.3 Å². The molecule has 3 aliphatic rings. The standard InChI is InChI=1S/C58H64BN2/c1-10-12-14-18-37-22-25-39(26-23-37)60-50-34-46-41(40-20-16-17-21-45(40)58(46,8)9)32-42(50)43-30-36(3)53-44-33-47-48(57(6,7)29-28-56(47,4)5)35-52(44)61-51-27-24-38(19-15-13-11-2)31-49(51)59-54(43)55(53)61/h16-17,20-27,30-35,60H,10-15,18-19,28-29H2,1-9H3. The number of hydrogen-bond acceptors (Lipinski definition) is 1. The first-order chi connectivity index (χ1) is 29.3. The van der Waals surface area contributed by atoms with Crippen molar-refractivity contribution in [3.63, 3.8) is 0 Å². The van der Waals surface area contributed by atoms with Gasteiger partial charge in [-0.3, -0.25) is 0 Å². The minimum Gasteiger partial charge on any atom is -0.355 e. The highest BCUT2D eigenvalue weighted by atomic mass is 15.0. The second kappa shape index (κ2) is 14.8. The summed E-state index contributed by atoms with van der Waals surface area (Å²) in [5.41, 5.74) is 24.4. The molecule has 1 aliphatic heterocycles. The summed E-state index contributed by atoms with van der Waals surface area (Å²) in [4.78, 5) is 0. The fourth-order valence-electron chi connectivity index (χ4n) is 11.5. The maximum Gasteiger partial charge on any atom is 0.197 e. The molecule has 2 nitrogen and oxygen atoms in total. The van der Waals surface area contributed by atoms with Crippen LogP contribution >= 0.6 is 0 Å². The van der Waals surface area contributed by atoms with E-state index in [1.54, 1.807) is 0 Å². The number of unbranched alkanes of at least 4 members (excludes halogenated alkanes) is 4. The molecule has 309 valence electrons. The molecule has 7 aromatic rings. The highest BCUT2D eigenvalue weighted by Crippen LogP contribution is 2.53. The smallest absolute Gasteiger partial charge is 0.197 e. The predicted molar refractivity (Wildman–Crippen MR) is 265 cm³/mol. The largest absolute Gasteiger partial charge is 0.355 e. The molecule has 0 saturated heterocycles. The fraction of sp³-hybridized carbons (Fsp3) is 0.379. The molecule has 61 heavy (non-hydrogen) atoms. The van der Waals surface area contributed by atoms with E-state index in [0.717, 1.165) is 18.5 Å². The molecule has 3 heteroatoms. The molecule has 6 aromatic carbocycles. The third-order valence-electron chi connectivity index (χ3n) is 15.3. The van der Waals surface area contributed by atoms with Crippen LogP contribution in [0.25, 0.3) is 49.7 Å². The van der Waals surface area contributed by atoms with Gasteiger partial charge in [-0.15, -0.1) is 0 Å². The summed E-state index contributed by atoms with van der Waals surface area (Å²) in [5, 5.41) is 6.81. The van der Waals surface area contributed by atoms with E-state index in [0.29, 0.717) is 0 Å². The number of anilines is 2. The first kappa shape index (κ1) is 40.1. The summed E-state index contributed by atoms with van der Waals surface area (Å²) in [7, 11) is 2.54. The van der Waals surface area contributed by atoms with Crippen LogP contribution in [0.3, 0.4) is 0 Å². The summed E-state index contributed by atoms with van der Waals surface area (Å²) >= 11 is 0. The zero-order valence-electron chi connectivity index (χ0n) is 38.3. The number of aryl methyl sites for hydroxylation is 3. The van der Waals surface area contributed by atoms with Gasteiger partial charge < -0.3 is 9.88 Å². The van der Waals surface area contributed by atoms with Gasteiger partial charge in [0.2, 0.25) is 0 Å². The number of aromatic nitrogens is 1. The molecule has 1 N–H and O–H groups in total. The lowest BCUT2D eigenvalue weighted by Gasteiger charge is -2.42. The predicted octanol–water partition coefficient (Wildman–Crippen LogP) is 14.6. The van der Waals surface area contributed by atoms with Crippen LogP contribution in [0, 0.1) is 6.92 Å². The highest BCUT2D eigenvalue weighted by molar-refractivity contribution is 6.73. The van der Waals surface area contributed by atoms with Gasteiger partial charge in [0.15, 0.2) is 7.28 Å². The van der Waals surface area contributed by atoms with Gasteiger partial charge in [-0.05, 0) is 160 Å². The number of nitrogens with one attached hydrogen (secondary N) is 1. The zero-order chi connectivity index (χ0) is 42.4. The lowest BCUT2D eigenvalue weighted by Crippen LogP contribution is -2.37. The third kappa shape index (κ3) is 6.51. The molecule has 1 radical (unpaired) electrons. The molecule has 1 aromatic heterocycles. The van der Waals surface area contributed by atoms with Crippen LogP contribution < -0.4 is 16.2 Å². The SMILES string of the molecule is CCCCCc1ccc(Nc2cc3c(cc2-c2cc(C)c4c5cc6c(cc5n5c4c2[B]c2cc(CCCCC)ccc2-5)C(C)(C)CCC6(C)C)-c2ccccc2C3(C)C)cc1. The first-order valence-electron chi connectivity index (χ1n) is 23.6. The van der Waals surface area contributed by atoms with Crippen LogP contribution in [-0.2, 0) is 29.1 Å². The molecule has 10 rings (SSSR count). The third-order valence-corrected chi connectivity index (χ3v) is 15.3. The maximum atomic E-state index is 4.03. The normalized spacial score (nSPS) is 16.2. The summed E-state index contributed by atoms with van der Waals surface area (Å²) in [5.74, 6) is 0. The monoisotopic (exact) mass is 800 g/mol. The average Bonchev–Trinajstić information content (AvgIpc) is 3.70. The Bertz CT molecular complexity index is 2860. The molecule has 2 heterocycles. The van der Waals surface area contributed by atoms with Crippen molar-refractivity contribution in [3.8, 4) is 27.9 Å². The van der Waals surface area contributed by atoms with Gasteiger partial charge in [-0.1, -0.05) is 141 Å². The van der Waals surface area contributed by atoms with Crippen molar-refractivity contribution >= 4 is 51.4 Å². The molecule has 0 spiro atoms. The number of benzene rings is 6. The summed E-state index contributed by atoms with van der Waals surface area (Å²) in [6.45, 7) is 21.6. The Kier molecular flexibility index (Phi) is 9.74. The van der Waals surface area contributed by atoms with Crippen molar-refractivity contribution < 1.29 is 0 Å². The number of fused-ring (bicyclic) bond motifs is 9. The van der Waals surface area contributed by atoms with E-state index in [2.05, 4.69) is 177 Å². The molecule has 0 saturated carbocycles. The van der Waals surface area contributed by atoms with Gasteiger partial charge in [-0.2, -0.15) is 0 Å². The molecule has 0 bridgehead atoms. The Labute approximate surface area is 366 Å². The molecule has 0 unspecified atom stereocenters. The van der Waals surface area contributed by atoms with Crippen molar-refractivity contribution in [2.75, 3.05) is 5.32 Å². The van der Waals surface area contributed by atoms with Gasteiger partial charge in [0.25, 0.3) is 0 Å². The summed E-state index contributed by atoms with van der Waals surface area (Å²) < 4.78 is 2.66. The molecule has 0 atom stereocenters. The van der Waals surface area contributed by atoms with Crippen LogP contribution in [0.4, 0.5) is 11.4 Å². The van der Waals surface area contributed by atoms with Crippen molar-refractivity contribution in [1.29, 1.82) is 0 Å². The van der Waals surface area contributed by atoms with E-state index in [4.69, 9.17) is 0 Å². The van der Waals surface area contributed by atoms with Gasteiger partial charge in [0.1, 0.15) is 0 Å². The van der Waals surface area contributed by atoms with E-state index in [1.165, 1.54) is 157 Å². The number of nitrogens with zero attached hydrogens (tertiary/aromatic N) is 1. The molecular weight excluding hydrogens is 735 g/mol. The topological polar surface area (TPSA) is 17.0 Å². The lowest BCUT2D eigenvalue weighted by atomic mass is 9.58.